The van der Waals surface area contributed by atoms with Crippen LogP contribution in [0.25, 0.3) is 5.57 Å². The van der Waals surface area contributed by atoms with E-state index in [9.17, 15) is 9.59 Å². The molecule has 1 aromatic carbocycles. The Morgan fingerprint density at radius 2 is 2.05 bits per heavy atom. The molecule has 1 heterocycles. The normalized spacial score (nSPS) is 10.9. The molecule has 114 valence electrons. The molecule has 1 aromatic heterocycles. The molecule has 2 aromatic rings. The van der Waals surface area contributed by atoms with Crippen LogP contribution in [0.2, 0.25) is 0 Å². The molecular formula is C15H14N2O5. The summed E-state index contributed by atoms with van der Waals surface area (Å²) >= 11 is 0. The van der Waals surface area contributed by atoms with E-state index in [0.717, 1.165) is 0 Å². The van der Waals surface area contributed by atoms with Crippen LogP contribution in [-0.4, -0.2) is 30.2 Å². The van der Waals surface area contributed by atoms with Crippen molar-refractivity contribution in [1.29, 1.82) is 0 Å². The summed E-state index contributed by atoms with van der Waals surface area (Å²) in [6.45, 7) is 0. The average Bonchev–Trinajstić information content (AvgIpc) is 2.53. The number of carbonyl (C=O) groups excluding carboxylic acids is 1. The molecule has 0 unspecified atom stereocenters. The Hall–Kier alpha value is -3.09. The molecule has 0 saturated heterocycles. The van der Waals surface area contributed by atoms with Gasteiger partial charge in [0, 0.05) is 5.56 Å². The summed E-state index contributed by atoms with van der Waals surface area (Å²) in [5.74, 6) is -0.121. The maximum atomic E-state index is 11.9. The summed E-state index contributed by atoms with van der Waals surface area (Å²) in [7, 11) is 2.69. The second-order valence-corrected chi connectivity index (χ2v) is 4.11. The number of aromatic nitrogens is 2. The van der Waals surface area contributed by atoms with E-state index < -0.39 is 5.97 Å². The Morgan fingerprint density at radius 3 is 2.73 bits per heavy atom. The van der Waals surface area contributed by atoms with Crippen LogP contribution in [0.3, 0.4) is 0 Å². The van der Waals surface area contributed by atoms with Crippen molar-refractivity contribution in [3.63, 3.8) is 0 Å². The van der Waals surface area contributed by atoms with Crippen LogP contribution in [0.4, 0.5) is 0 Å². The van der Waals surface area contributed by atoms with Crippen molar-refractivity contribution in [3.05, 3.63) is 58.8 Å². The first kappa shape index (κ1) is 15.3. The van der Waals surface area contributed by atoms with Gasteiger partial charge in [-0.2, -0.15) is 0 Å². The Kier molecular flexibility index (Phi) is 4.92. The number of benzene rings is 1. The van der Waals surface area contributed by atoms with Gasteiger partial charge in [-0.05, 0) is 6.07 Å². The molecule has 7 heteroatoms. The standard InChI is InChI=1S/C15H14N2O5/c1-20-8-11(15(19)21-2)10-5-3-4-6-12(10)22-14-7-13(18)16-9-17-14/h3-9H,1-2H3,(H,16,17,18). The summed E-state index contributed by atoms with van der Waals surface area (Å²) in [5.41, 5.74) is 0.298. The minimum atomic E-state index is -0.572. The lowest BCUT2D eigenvalue weighted by Crippen LogP contribution is -2.07. The lowest BCUT2D eigenvalue weighted by Gasteiger charge is -2.11. The molecule has 0 atom stereocenters. The van der Waals surface area contributed by atoms with Gasteiger partial charge in [-0.25, -0.2) is 9.78 Å². The summed E-state index contributed by atoms with van der Waals surface area (Å²) in [6, 6.07) is 7.98. The molecule has 0 aliphatic heterocycles. The summed E-state index contributed by atoms with van der Waals surface area (Å²) < 4.78 is 15.2. The zero-order valence-electron chi connectivity index (χ0n) is 12.0. The summed E-state index contributed by atoms with van der Waals surface area (Å²) in [4.78, 5) is 29.4. The zero-order chi connectivity index (χ0) is 15.9. The highest BCUT2D eigenvalue weighted by molar-refractivity contribution is 6.17. The molecule has 0 bridgehead atoms. The van der Waals surface area contributed by atoms with Crippen LogP contribution in [0.15, 0.2) is 47.7 Å². The third-order valence-corrected chi connectivity index (χ3v) is 2.69. The fourth-order valence-electron chi connectivity index (χ4n) is 1.75. The van der Waals surface area contributed by atoms with Gasteiger partial charge in [-0.3, -0.25) is 4.79 Å². The molecule has 0 radical (unpaired) electrons. The van der Waals surface area contributed by atoms with Gasteiger partial charge in [-0.15, -0.1) is 0 Å². The largest absolute Gasteiger partial charge is 0.503 e. The van der Waals surface area contributed by atoms with Crippen molar-refractivity contribution in [1.82, 2.24) is 9.97 Å². The van der Waals surface area contributed by atoms with Crippen LogP contribution in [0.5, 0.6) is 11.6 Å². The maximum Gasteiger partial charge on any atom is 0.341 e. The average molecular weight is 302 g/mol. The number of ether oxygens (including phenoxy) is 3. The molecule has 0 spiro atoms. The second-order valence-electron chi connectivity index (χ2n) is 4.11. The second kappa shape index (κ2) is 7.07. The van der Waals surface area contributed by atoms with Crippen LogP contribution < -0.4 is 10.3 Å². The number of esters is 1. The fraction of sp³-hybridized carbons (Fsp3) is 0.133. The summed E-state index contributed by atoms with van der Waals surface area (Å²) in [6.07, 6.45) is 2.49. The molecule has 0 aliphatic rings. The Morgan fingerprint density at radius 1 is 1.27 bits per heavy atom. The number of carbonyl (C=O) groups is 1. The SMILES string of the molecule is COC=C(C(=O)OC)c1ccccc1Oc1cc(=O)[nH]cn1. The molecule has 1 N–H and O–H groups in total. The molecule has 0 fully saturated rings. The van der Waals surface area contributed by atoms with Gasteiger partial charge in [0.2, 0.25) is 5.88 Å². The van der Waals surface area contributed by atoms with Gasteiger partial charge < -0.3 is 19.2 Å². The highest BCUT2D eigenvalue weighted by atomic mass is 16.5. The van der Waals surface area contributed by atoms with Crippen molar-refractivity contribution in [3.8, 4) is 11.6 Å². The third kappa shape index (κ3) is 3.51. The predicted octanol–water partition coefficient (Wildman–Crippen LogP) is 1.72. The van der Waals surface area contributed by atoms with Gasteiger partial charge >= 0.3 is 5.97 Å². The molecule has 0 aliphatic carbocycles. The van der Waals surface area contributed by atoms with Crippen molar-refractivity contribution in [2.24, 2.45) is 0 Å². The van der Waals surface area contributed by atoms with Gasteiger partial charge in [-0.1, -0.05) is 18.2 Å². The monoisotopic (exact) mass is 302 g/mol. The Balaban J connectivity index is 2.43. The van der Waals surface area contributed by atoms with Crippen LogP contribution in [-0.2, 0) is 14.3 Å². The number of nitrogens with zero attached hydrogens (tertiary/aromatic N) is 1. The number of aromatic amines is 1. The highest BCUT2D eigenvalue weighted by Gasteiger charge is 2.18. The van der Waals surface area contributed by atoms with E-state index in [0.29, 0.717) is 11.3 Å². The number of rotatable bonds is 5. The van der Waals surface area contributed by atoms with Gasteiger partial charge in [0.15, 0.2) is 0 Å². The predicted molar refractivity (Wildman–Crippen MR) is 78.4 cm³/mol. The molecule has 22 heavy (non-hydrogen) atoms. The zero-order valence-corrected chi connectivity index (χ0v) is 12.0. The molecular weight excluding hydrogens is 288 g/mol. The minimum Gasteiger partial charge on any atom is -0.503 e. The lowest BCUT2D eigenvalue weighted by atomic mass is 10.1. The van der Waals surface area contributed by atoms with Gasteiger partial charge in [0.05, 0.1) is 32.9 Å². The van der Waals surface area contributed by atoms with Gasteiger partial charge in [0.1, 0.15) is 11.3 Å². The quantitative estimate of drug-likeness (QED) is 0.514. The van der Waals surface area contributed by atoms with E-state index >= 15 is 0 Å². The number of hydrogen-bond donors (Lipinski definition) is 1. The van der Waals surface area contributed by atoms with E-state index in [1.807, 2.05) is 0 Å². The van der Waals surface area contributed by atoms with E-state index in [2.05, 4.69) is 9.97 Å². The first-order valence-electron chi connectivity index (χ1n) is 6.29. The number of hydrogen-bond acceptors (Lipinski definition) is 6. The van der Waals surface area contributed by atoms with Crippen molar-refractivity contribution in [2.75, 3.05) is 14.2 Å². The maximum absolute atomic E-state index is 11.9. The highest BCUT2D eigenvalue weighted by Crippen LogP contribution is 2.29. The van der Waals surface area contributed by atoms with Crippen molar-refractivity contribution >= 4 is 11.5 Å². The van der Waals surface area contributed by atoms with E-state index in [1.165, 1.54) is 32.9 Å². The Labute approximate surface area is 126 Å². The smallest absolute Gasteiger partial charge is 0.341 e. The first-order valence-corrected chi connectivity index (χ1v) is 6.29. The van der Waals surface area contributed by atoms with Gasteiger partial charge in [0.25, 0.3) is 5.56 Å². The van der Waals surface area contributed by atoms with Crippen LogP contribution in [0, 0.1) is 0 Å². The molecule has 2 rings (SSSR count). The molecule has 0 saturated carbocycles. The minimum absolute atomic E-state index is 0.109. The van der Waals surface area contributed by atoms with E-state index in [-0.39, 0.29) is 17.0 Å². The van der Waals surface area contributed by atoms with Crippen molar-refractivity contribution in [2.45, 2.75) is 0 Å². The molecule has 7 nitrogen and oxygen atoms in total. The Bertz CT molecular complexity index is 751. The number of H-pyrrole nitrogens is 1. The lowest BCUT2D eigenvalue weighted by molar-refractivity contribution is -0.133. The fourth-order valence-corrected chi connectivity index (χ4v) is 1.75. The molecule has 0 amide bonds. The van der Waals surface area contributed by atoms with Crippen molar-refractivity contribution < 1.29 is 19.0 Å². The third-order valence-electron chi connectivity index (χ3n) is 2.69. The van der Waals surface area contributed by atoms with Crippen LogP contribution >= 0.6 is 0 Å². The number of methoxy groups -OCH3 is 2. The van der Waals surface area contributed by atoms with E-state index in [4.69, 9.17) is 14.2 Å². The number of para-hydroxylation sites is 1. The topological polar surface area (TPSA) is 90.5 Å². The first-order chi connectivity index (χ1) is 10.7. The van der Waals surface area contributed by atoms with E-state index in [1.54, 1.807) is 24.3 Å². The van der Waals surface area contributed by atoms with Crippen LogP contribution in [0.1, 0.15) is 5.56 Å². The number of nitrogens with one attached hydrogen (secondary N) is 1. The summed E-state index contributed by atoms with van der Waals surface area (Å²) in [5, 5.41) is 0.